The maximum atomic E-state index is 15.2. The van der Waals surface area contributed by atoms with Gasteiger partial charge in [0, 0.05) is 18.5 Å². The van der Waals surface area contributed by atoms with Gasteiger partial charge >= 0.3 is 18.0 Å². The van der Waals surface area contributed by atoms with Crippen molar-refractivity contribution in [3.8, 4) is 0 Å². The molecule has 9 nitrogen and oxygen atoms in total. The Hall–Kier alpha value is -2.58. The molecule has 2 aliphatic heterocycles. The van der Waals surface area contributed by atoms with Gasteiger partial charge in [0.25, 0.3) is 0 Å². The Balaban J connectivity index is 1.11. The summed E-state index contributed by atoms with van der Waals surface area (Å²) in [5, 5.41) is 9.38. The molecule has 7 rings (SSSR count). The summed E-state index contributed by atoms with van der Waals surface area (Å²) in [6.45, 7) is 29.8. The summed E-state index contributed by atoms with van der Waals surface area (Å²) in [6, 6.07) is 0.0856. The van der Waals surface area contributed by atoms with Gasteiger partial charge in [0.05, 0.1) is 30.3 Å². The van der Waals surface area contributed by atoms with Gasteiger partial charge in [-0.05, 0) is 150 Å². The first kappa shape index (κ1) is 41.6. The largest absolute Gasteiger partial charge is 0.481 e. The van der Waals surface area contributed by atoms with Gasteiger partial charge in [-0.15, -0.1) is 0 Å². The van der Waals surface area contributed by atoms with E-state index in [0.717, 1.165) is 70.6 Å². The lowest BCUT2D eigenvalue weighted by molar-refractivity contribution is -0.250. The number of hydrogen-bond donors (Lipinski definition) is 1. The van der Waals surface area contributed by atoms with E-state index in [-0.39, 0.29) is 76.1 Å². The number of likely N-dealkylation sites (tertiary alicyclic amines) is 2. The number of carbonyl (C=O) groups excluding carboxylic acids is 3. The number of piperazine rings is 1. The number of rotatable bonds is 7. The second-order valence-corrected chi connectivity index (χ2v) is 23.2. The van der Waals surface area contributed by atoms with Crippen LogP contribution in [0.15, 0.2) is 12.2 Å². The second-order valence-electron chi connectivity index (χ2n) is 23.2. The lowest BCUT2D eigenvalue weighted by Gasteiger charge is -2.73. The first-order chi connectivity index (χ1) is 25.8. The number of esters is 1. The normalized spacial score (nSPS) is 42.6. The third-order valence-electron chi connectivity index (χ3n) is 18.1. The van der Waals surface area contributed by atoms with Crippen molar-refractivity contribution in [3.05, 3.63) is 12.2 Å². The minimum atomic E-state index is -0.893. The molecule has 2 bridgehead atoms. The quantitative estimate of drug-likeness (QED) is 0.202. The Kier molecular flexibility index (Phi) is 10.0. The number of aliphatic carboxylic acids is 1. The fourth-order valence-electron chi connectivity index (χ4n) is 15.5. The number of hydrogen-bond acceptors (Lipinski definition) is 6. The van der Waals surface area contributed by atoms with Crippen LogP contribution in [0.3, 0.4) is 0 Å². The molecule has 314 valence electrons. The zero-order valence-electron chi connectivity index (χ0n) is 36.7. The van der Waals surface area contributed by atoms with Crippen LogP contribution in [0.2, 0.25) is 0 Å². The number of carboxylic acids is 1. The van der Waals surface area contributed by atoms with Crippen LogP contribution in [0.5, 0.6) is 0 Å². The average Bonchev–Trinajstić information content (AvgIpc) is 3.78. The number of allylic oxidation sites excluding steroid dienone is 1. The molecule has 0 spiro atoms. The zero-order chi connectivity index (χ0) is 41.2. The third-order valence-corrected chi connectivity index (χ3v) is 18.1. The Bertz CT molecular complexity index is 1650. The Morgan fingerprint density at radius 3 is 2.04 bits per heavy atom. The predicted molar refractivity (Wildman–Crippen MR) is 216 cm³/mol. The molecule has 7 aliphatic rings. The number of carboxylic acid groups (broad SMARTS) is 1. The van der Waals surface area contributed by atoms with Crippen molar-refractivity contribution < 1.29 is 33.8 Å². The molecule has 2 amide bonds. The van der Waals surface area contributed by atoms with Gasteiger partial charge in [0.2, 0.25) is 5.91 Å². The van der Waals surface area contributed by atoms with Crippen LogP contribution in [-0.2, 0) is 23.9 Å². The van der Waals surface area contributed by atoms with E-state index in [9.17, 15) is 19.5 Å². The lowest BCUT2D eigenvalue weighted by Crippen LogP contribution is -2.68. The zero-order valence-corrected chi connectivity index (χ0v) is 36.7. The number of fused-ring (bicyclic) bond motifs is 9. The Morgan fingerprint density at radius 2 is 1.43 bits per heavy atom. The van der Waals surface area contributed by atoms with E-state index in [1.54, 1.807) is 0 Å². The maximum Gasteiger partial charge on any atom is 0.410 e. The molecule has 0 aromatic rings. The lowest BCUT2D eigenvalue weighted by atomic mass is 9.32. The van der Waals surface area contributed by atoms with E-state index < -0.39 is 17.0 Å². The van der Waals surface area contributed by atoms with E-state index in [1.807, 2.05) is 39.5 Å². The second kappa shape index (κ2) is 13.5. The first-order valence-corrected chi connectivity index (χ1v) is 22.2. The fourth-order valence-corrected chi connectivity index (χ4v) is 15.5. The van der Waals surface area contributed by atoms with Crippen LogP contribution in [0.25, 0.3) is 0 Å². The predicted octanol–water partition coefficient (Wildman–Crippen LogP) is 9.67. The van der Waals surface area contributed by atoms with Crippen molar-refractivity contribution in [1.29, 1.82) is 0 Å². The number of amides is 2. The molecule has 0 unspecified atom stereocenters. The third kappa shape index (κ3) is 6.36. The Labute approximate surface area is 337 Å². The van der Waals surface area contributed by atoms with Crippen LogP contribution < -0.4 is 0 Å². The summed E-state index contributed by atoms with van der Waals surface area (Å²) >= 11 is 0. The fraction of sp³-hybridized carbons (Fsp3) is 0.872. The summed E-state index contributed by atoms with van der Waals surface area (Å²) in [6.07, 6.45) is 10.8. The minimum absolute atomic E-state index is 0.0257. The summed E-state index contributed by atoms with van der Waals surface area (Å²) in [7, 11) is 0. The standard InChI is InChI=1S/C47H74N2O7/c1-28(2)31-15-20-47(39(53)48-26-30-23-29(48)27-49(30)40(54)56-41(3,4)5)22-21-45(11)32(38(31)47)13-14-34-44(10)18-17-35(43(8,9)33(44)16-19-46(34,45)12)55-37(52)25-42(6,7)24-36(50)51/h29-35,38H,1,13-27H2,2-12H3,(H,50,51)/t29-,30-,31-,32+,33-,34+,35-,38+,44-,45+,46+,47-/m0/s1. The van der Waals surface area contributed by atoms with Crippen LogP contribution in [0.4, 0.5) is 4.79 Å². The molecule has 0 aromatic carbocycles. The van der Waals surface area contributed by atoms with Gasteiger partial charge in [0.15, 0.2) is 0 Å². The monoisotopic (exact) mass is 779 g/mol. The smallest absolute Gasteiger partial charge is 0.410 e. The highest BCUT2D eigenvalue weighted by Crippen LogP contribution is 2.78. The van der Waals surface area contributed by atoms with Crippen LogP contribution >= 0.6 is 0 Å². The van der Waals surface area contributed by atoms with Crippen LogP contribution in [-0.4, -0.2) is 75.7 Å². The molecule has 7 fully saturated rings. The van der Waals surface area contributed by atoms with E-state index >= 15 is 4.79 Å². The highest BCUT2D eigenvalue weighted by Gasteiger charge is 2.72. The molecule has 56 heavy (non-hydrogen) atoms. The van der Waals surface area contributed by atoms with Gasteiger partial charge in [-0.25, -0.2) is 4.79 Å². The highest BCUT2D eigenvalue weighted by atomic mass is 16.6. The molecule has 9 heteroatoms. The van der Waals surface area contributed by atoms with Gasteiger partial charge in [0.1, 0.15) is 11.7 Å². The molecular weight excluding hydrogens is 705 g/mol. The van der Waals surface area contributed by atoms with Crippen molar-refractivity contribution in [2.24, 2.45) is 62.1 Å². The SMILES string of the molecule is C=C(C)[C@@H]1CC[C@]2(C(=O)N3C[C@@H]4C[C@H]3CN4C(=O)OC(C)(C)C)CC[C@]3(C)[C@H](CC[C@@H]4[C@@]5(C)CC[C@H](OC(=O)CC(C)(C)CC(=O)O)C(C)(C)[C@@H]5CC[C@]43C)[C@@H]12. The topological polar surface area (TPSA) is 113 Å². The maximum absolute atomic E-state index is 15.2. The average molecular weight is 779 g/mol. The first-order valence-electron chi connectivity index (χ1n) is 22.2. The van der Waals surface area contributed by atoms with Crippen molar-refractivity contribution in [3.63, 3.8) is 0 Å². The summed E-state index contributed by atoms with van der Waals surface area (Å²) in [4.78, 5) is 57.1. The van der Waals surface area contributed by atoms with Crippen molar-refractivity contribution in [1.82, 2.24) is 9.80 Å². The highest BCUT2D eigenvalue weighted by molar-refractivity contribution is 5.85. The van der Waals surface area contributed by atoms with Gasteiger partial charge < -0.3 is 24.4 Å². The molecule has 5 aliphatic carbocycles. The molecule has 0 aromatic heterocycles. The van der Waals surface area contributed by atoms with Crippen molar-refractivity contribution in [2.45, 2.75) is 183 Å². The number of nitrogens with zero attached hydrogens (tertiary/aromatic N) is 2. The van der Waals surface area contributed by atoms with Gasteiger partial charge in [-0.1, -0.05) is 60.6 Å². The van der Waals surface area contributed by atoms with E-state index in [1.165, 1.54) is 5.57 Å². The number of ether oxygens (including phenoxy) is 2. The summed E-state index contributed by atoms with van der Waals surface area (Å²) in [5.41, 5.74) is -0.207. The summed E-state index contributed by atoms with van der Waals surface area (Å²) in [5.74, 6) is 1.22. The molecule has 12 atom stereocenters. The molecular formula is C47H74N2O7. The van der Waals surface area contributed by atoms with Crippen LogP contribution in [0.1, 0.15) is 160 Å². The molecule has 0 radical (unpaired) electrons. The summed E-state index contributed by atoms with van der Waals surface area (Å²) < 4.78 is 12.0. The minimum Gasteiger partial charge on any atom is -0.481 e. The van der Waals surface area contributed by atoms with Crippen LogP contribution in [0, 0.1) is 62.1 Å². The van der Waals surface area contributed by atoms with E-state index in [4.69, 9.17) is 9.47 Å². The van der Waals surface area contributed by atoms with Gasteiger partial charge in [-0.2, -0.15) is 0 Å². The molecule has 2 saturated heterocycles. The van der Waals surface area contributed by atoms with Crippen molar-refractivity contribution >= 4 is 23.9 Å². The van der Waals surface area contributed by atoms with Crippen molar-refractivity contribution in [2.75, 3.05) is 13.1 Å². The molecule has 1 N–H and O–H groups in total. The Morgan fingerprint density at radius 1 is 0.768 bits per heavy atom. The number of carbonyl (C=O) groups is 4. The van der Waals surface area contributed by atoms with E-state index in [0.29, 0.717) is 42.7 Å². The molecule has 2 heterocycles. The van der Waals surface area contributed by atoms with Gasteiger partial charge in [-0.3, -0.25) is 14.4 Å². The van der Waals surface area contributed by atoms with E-state index in [2.05, 4.69) is 53.0 Å². The molecule has 5 saturated carbocycles.